The number of benzene rings is 12. The molecule has 0 radical (unpaired) electrons. The third-order valence-corrected chi connectivity index (χ3v) is 27.9. The summed E-state index contributed by atoms with van der Waals surface area (Å²) in [5.74, 6) is 0. The monoisotopic (exact) mass is 1780 g/mol. The molecule has 0 unspecified atom stereocenters. The number of nitrogens with zero attached hydrogens (tertiary/aromatic N) is 4. The largest absolute Gasteiger partial charge is 0.494 e. The van der Waals surface area contributed by atoms with Gasteiger partial charge in [0.25, 0.3) is 0 Å². The second-order valence-corrected chi connectivity index (χ2v) is 47.6. The molecule has 17 rings (SSSR count). The van der Waals surface area contributed by atoms with Gasteiger partial charge in [-0.3, -0.25) is 8.80 Å². The van der Waals surface area contributed by atoms with Crippen LogP contribution >= 0.6 is 15.9 Å². The minimum absolute atomic E-state index is 0.0809. The number of aryl methyl sites for hydroxylation is 6. The van der Waals surface area contributed by atoms with E-state index in [0.29, 0.717) is 0 Å². The van der Waals surface area contributed by atoms with Gasteiger partial charge in [-0.1, -0.05) is 354 Å². The second kappa shape index (κ2) is 34.9. The lowest BCUT2D eigenvalue weighted by molar-refractivity contribution is 0.00578. The molecule has 12 aromatic carbocycles. The average Bonchev–Trinajstić information content (AvgIpc) is 1.65. The normalized spacial score (nSPS) is 14.1. The van der Waals surface area contributed by atoms with Crippen molar-refractivity contribution in [2.24, 2.45) is 21.7 Å². The fraction of sp³-hybridized carbons (Fsp3) is 0.361. The molecular formula is C122H140BBrN4O2. The molecule has 130 heavy (non-hydrogen) atoms. The molecule has 0 atom stereocenters. The summed E-state index contributed by atoms with van der Waals surface area (Å²) in [5.41, 5.74) is 36.1. The van der Waals surface area contributed by atoms with Crippen LogP contribution in [-0.2, 0) is 31.0 Å². The van der Waals surface area contributed by atoms with E-state index in [1.54, 1.807) is 0 Å². The SMILES string of the molecule is CC(C)(C)CC(C)(C)c1ccc(-c2cc(B3OC(C)(C)C(C)(C)O3)cc(-c3ccc(C(C)(C)CC(C)(C)C)cc3)c2)cc1.Cc1cc(C)c(-c2cnc3c4ccccc4c4cc(-c5cc(-c6ccc(C(C)(C)CC(C)(C)C)cc6)cc(-c6ccc(C(C)(C)CC(C)(C)C)cc6)c5)ccc4n23)c(C)c1.Cc1cc(C)c(-c2cnc3c4ccccc4c4cc(Br)ccc4n23)c(C)c1. The molecule has 0 saturated carbocycles. The van der Waals surface area contributed by atoms with Crippen LogP contribution in [0.2, 0.25) is 0 Å². The summed E-state index contributed by atoms with van der Waals surface area (Å²) in [6.07, 6.45) is 8.59. The highest BCUT2D eigenvalue weighted by molar-refractivity contribution is 9.10. The Kier molecular flexibility index (Phi) is 25.3. The van der Waals surface area contributed by atoms with Crippen LogP contribution in [0.25, 0.3) is 133 Å². The third kappa shape index (κ3) is 20.0. The van der Waals surface area contributed by atoms with Crippen LogP contribution in [0.4, 0.5) is 0 Å². The number of fused-ring (bicyclic) bond motifs is 12. The number of hydrogen-bond acceptors (Lipinski definition) is 4. The molecule has 1 aliphatic heterocycles. The predicted octanol–water partition coefficient (Wildman–Crippen LogP) is 34.4. The lowest BCUT2D eigenvalue weighted by Crippen LogP contribution is -2.41. The first-order valence-corrected chi connectivity index (χ1v) is 48.1. The summed E-state index contributed by atoms with van der Waals surface area (Å²) in [6, 6.07) is 91.0. The summed E-state index contributed by atoms with van der Waals surface area (Å²) in [6.45, 7) is 68.6. The van der Waals surface area contributed by atoms with E-state index in [0.717, 1.165) is 69.2 Å². The fourth-order valence-electron chi connectivity index (χ4n) is 22.4. The van der Waals surface area contributed by atoms with E-state index in [4.69, 9.17) is 19.3 Å². The van der Waals surface area contributed by atoms with Crippen LogP contribution in [0.15, 0.2) is 260 Å². The number of halogens is 1. The van der Waals surface area contributed by atoms with Crippen molar-refractivity contribution >= 4 is 83.2 Å². The summed E-state index contributed by atoms with van der Waals surface area (Å²) in [5, 5.41) is 7.24. The Bertz CT molecular complexity index is 6700. The number of imidazole rings is 2. The molecule has 8 heteroatoms. The molecule has 0 amide bonds. The minimum Gasteiger partial charge on any atom is -0.399 e. The number of pyridine rings is 2. The van der Waals surface area contributed by atoms with Gasteiger partial charge in [0.15, 0.2) is 0 Å². The van der Waals surface area contributed by atoms with E-state index in [1.807, 2.05) is 6.20 Å². The van der Waals surface area contributed by atoms with Gasteiger partial charge in [-0.25, -0.2) is 9.97 Å². The van der Waals surface area contributed by atoms with Crippen molar-refractivity contribution in [1.29, 1.82) is 0 Å². The third-order valence-electron chi connectivity index (χ3n) is 27.4. The van der Waals surface area contributed by atoms with Crippen molar-refractivity contribution in [3.8, 4) is 78.1 Å². The van der Waals surface area contributed by atoms with Crippen molar-refractivity contribution in [2.75, 3.05) is 0 Å². The van der Waals surface area contributed by atoms with Gasteiger partial charge in [0, 0.05) is 37.1 Å². The van der Waals surface area contributed by atoms with Crippen molar-refractivity contribution in [1.82, 2.24) is 18.8 Å². The van der Waals surface area contributed by atoms with Crippen molar-refractivity contribution in [3.05, 3.63) is 315 Å². The Labute approximate surface area is 786 Å². The van der Waals surface area contributed by atoms with Crippen LogP contribution < -0.4 is 5.46 Å². The molecule has 0 aliphatic carbocycles. The van der Waals surface area contributed by atoms with Crippen LogP contribution in [0.1, 0.15) is 247 Å². The second-order valence-electron chi connectivity index (χ2n) is 46.7. The zero-order valence-corrected chi connectivity index (χ0v) is 85.2. The molecule has 5 heterocycles. The lowest BCUT2D eigenvalue weighted by Gasteiger charge is -2.33. The van der Waals surface area contributed by atoms with Crippen LogP contribution in [0.5, 0.6) is 0 Å². The molecule has 16 aromatic rings. The minimum atomic E-state index is -0.418. The van der Waals surface area contributed by atoms with Crippen molar-refractivity contribution < 1.29 is 9.31 Å². The smallest absolute Gasteiger partial charge is 0.399 e. The molecule has 4 aromatic heterocycles. The molecule has 1 fully saturated rings. The molecule has 1 saturated heterocycles. The van der Waals surface area contributed by atoms with Crippen molar-refractivity contribution in [3.63, 3.8) is 0 Å². The van der Waals surface area contributed by atoms with Gasteiger partial charge < -0.3 is 9.31 Å². The summed E-state index contributed by atoms with van der Waals surface area (Å²) < 4.78 is 18.8. The maximum Gasteiger partial charge on any atom is 0.494 e. The molecule has 0 bridgehead atoms. The highest BCUT2D eigenvalue weighted by Gasteiger charge is 2.52. The highest BCUT2D eigenvalue weighted by atomic mass is 79.9. The summed E-state index contributed by atoms with van der Waals surface area (Å²) in [4.78, 5) is 9.94. The van der Waals surface area contributed by atoms with Gasteiger partial charge in [0.05, 0.1) is 46.0 Å². The molecule has 670 valence electrons. The van der Waals surface area contributed by atoms with Gasteiger partial charge in [0.1, 0.15) is 11.3 Å². The van der Waals surface area contributed by atoms with Gasteiger partial charge in [-0.2, -0.15) is 0 Å². The predicted molar refractivity (Wildman–Crippen MR) is 565 cm³/mol. The van der Waals surface area contributed by atoms with Gasteiger partial charge >= 0.3 is 7.12 Å². The summed E-state index contributed by atoms with van der Waals surface area (Å²) >= 11 is 3.64. The lowest BCUT2D eigenvalue weighted by atomic mass is 9.72. The standard InChI is InChI=1S/C58H64N2.C40H57BO2.C24H19BrN2/c1-37-28-38(2)53(39(3)29-37)52-34-59-54-49-17-15-14-16-48(49)50-33-42(22-27-51(50)60(52)54)45-31-43(40-18-23-46(24-19-40)57(10,11)35-55(4,5)6)30-44(32-45)41-20-25-47(26-21-41)58(12,13)36-56(7,8)9;1-35(2,3)26-37(7,8)32-19-15-28(16-20-32)30-23-31(25-34(24-30)41-42-39(11,12)40(13,14)43-41)29-17-21-33(22-18-29)38(9,10)27-36(4,5)6;1-14-10-15(2)23(16(3)11-14)22-13-26-24-19-7-5-4-6-18(19)20-12-17(25)8-9-21(20)27(22)24/h14-34H,35-36H2,1-13H3;15-25H,26-27H2,1-14H3;4-13H,1-3H3. The first-order chi connectivity index (χ1) is 60.7. The Balaban J connectivity index is 0.000000161. The number of hydrogen-bond donors (Lipinski definition) is 0. The van der Waals surface area contributed by atoms with Crippen LogP contribution in [0.3, 0.4) is 0 Å². The topological polar surface area (TPSA) is 53.1 Å². The Morgan fingerprint density at radius 3 is 0.869 bits per heavy atom. The average molecular weight is 1790 g/mol. The maximum absolute atomic E-state index is 6.53. The molecule has 6 nitrogen and oxygen atoms in total. The zero-order chi connectivity index (χ0) is 93.9. The maximum atomic E-state index is 6.53. The number of rotatable bonds is 16. The van der Waals surface area contributed by atoms with E-state index in [2.05, 4.69) is 481 Å². The zero-order valence-electron chi connectivity index (χ0n) is 83.6. The van der Waals surface area contributed by atoms with Crippen LogP contribution in [-0.4, -0.2) is 37.1 Å². The van der Waals surface area contributed by atoms with Gasteiger partial charge in [-0.15, -0.1) is 0 Å². The van der Waals surface area contributed by atoms with Gasteiger partial charge in [-0.05, 0) is 309 Å². The van der Waals surface area contributed by atoms with E-state index < -0.39 is 18.3 Å². The van der Waals surface area contributed by atoms with E-state index in [1.165, 1.54) is 155 Å². The van der Waals surface area contributed by atoms with Crippen LogP contribution in [0, 0.1) is 63.2 Å². The Hall–Kier alpha value is -10.5. The first-order valence-electron chi connectivity index (χ1n) is 47.3. The molecule has 1 aliphatic rings. The first kappa shape index (κ1) is 94.2. The van der Waals surface area contributed by atoms with Crippen molar-refractivity contribution in [2.45, 2.75) is 266 Å². The van der Waals surface area contributed by atoms with E-state index >= 15 is 0 Å². The Morgan fingerprint density at radius 2 is 0.562 bits per heavy atom. The quantitative estimate of drug-likeness (QED) is 0.0715. The van der Waals surface area contributed by atoms with E-state index in [-0.39, 0.29) is 43.3 Å². The highest BCUT2D eigenvalue weighted by Crippen LogP contribution is 2.47. The van der Waals surface area contributed by atoms with E-state index in [9.17, 15) is 0 Å². The number of aromatic nitrogens is 4. The summed E-state index contributed by atoms with van der Waals surface area (Å²) in [7, 11) is -0.418. The fourth-order valence-corrected chi connectivity index (χ4v) is 22.7. The molecule has 0 N–H and O–H groups in total. The molecular weight excluding hydrogens is 1640 g/mol. The molecule has 0 spiro atoms. The van der Waals surface area contributed by atoms with Gasteiger partial charge in [0.2, 0.25) is 0 Å². The Morgan fingerprint density at radius 1 is 0.292 bits per heavy atom.